The lowest BCUT2D eigenvalue weighted by atomic mass is 10.1. The van der Waals surface area contributed by atoms with Crippen LogP contribution in [-0.2, 0) is 11.2 Å². The molecule has 0 amide bonds. The highest BCUT2D eigenvalue weighted by Gasteiger charge is 1.91. The summed E-state index contributed by atoms with van der Waals surface area (Å²) in [7, 11) is 0. The van der Waals surface area contributed by atoms with E-state index in [-0.39, 0.29) is 11.6 Å². The standard InChI is InChI=1S/C9H11F.CHClO/c1-2-4-8-5-3-6-9(10)7-8;2-1-3/h3,5-7H,2,4H2,1H3;1H. The number of hydrogen-bond acceptors (Lipinski definition) is 1. The first-order valence-corrected chi connectivity index (χ1v) is 4.46. The van der Waals surface area contributed by atoms with Crippen molar-refractivity contribution >= 4 is 17.3 Å². The van der Waals surface area contributed by atoms with Crippen molar-refractivity contribution in [2.45, 2.75) is 19.8 Å². The van der Waals surface area contributed by atoms with Gasteiger partial charge in [-0.3, -0.25) is 4.79 Å². The Morgan fingerprint density at radius 2 is 2.15 bits per heavy atom. The van der Waals surface area contributed by atoms with E-state index >= 15 is 0 Å². The molecule has 0 saturated carbocycles. The third-order valence-corrected chi connectivity index (χ3v) is 1.43. The predicted octanol–water partition coefficient (Wildman–Crippen LogP) is 3.19. The topological polar surface area (TPSA) is 17.1 Å². The molecule has 1 rings (SSSR count). The minimum Gasteiger partial charge on any atom is -0.285 e. The Bertz CT molecular complexity index is 250. The Morgan fingerprint density at radius 1 is 1.54 bits per heavy atom. The van der Waals surface area contributed by atoms with Crippen LogP contribution in [0.2, 0.25) is 0 Å². The van der Waals surface area contributed by atoms with Crippen LogP contribution in [0.15, 0.2) is 24.3 Å². The van der Waals surface area contributed by atoms with Gasteiger partial charge in [0.05, 0.1) is 0 Å². The van der Waals surface area contributed by atoms with E-state index in [0.717, 1.165) is 18.4 Å². The summed E-state index contributed by atoms with van der Waals surface area (Å²) in [6, 6.07) is 6.76. The number of carbonyl (C=O) groups is 1. The largest absolute Gasteiger partial charge is 0.285 e. The summed E-state index contributed by atoms with van der Waals surface area (Å²) in [5.41, 5.74) is 1.09. The quantitative estimate of drug-likeness (QED) is 0.532. The second-order valence-corrected chi connectivity index (χ2v) is 2.65. The first kappa shape index (κ1) is 12.1. The lowest BCUT2D eigenvalue weighted by Crippen LogP contribution is -1.82. The van der Waals surface area contributed by atoms with Gasteiger partial charge in [0.25, 0.3) is 0 Å². The summed E-state index contributed by atoms with van der Waals surface area (Å²) in [5.74, 6) is 0.0888. The van der Waals surface area contributed by atoms with Crippen molar-refractivity contribution in [1.29, 1.82) is 0 Å². The van der Waals surface area contributed by atoms with E-state index in [1.54, 1.807) is 12.1 Å². The molecule has 0 aromatic heterocycles. The molecule has 0 bridgehead atoms. The molecule has 1 aromatic rings. The summed E-state index contributed by atoms with van der Waals surface area (Å²) in [5, 5.41) is 0. The lowest BCUT2D eigenvalue weighted by Gasteiger charge is -1.95. The van der Waals surface area contributed by atoms with Gasteiger partial charge in [-0.1, -0.05) is 25.5 Å². The molecule has 0 unspecified atom stereocenters. The van der Waals surface area contributed by atoms with Crippen LogP contribution in [0.25, 0.3) is 0 Å². The van der Waals surface area contributed by atoms with Gasteiger partial charge in [-0.2, -0.15) is 0 Å². The van der Waals surface area contributed by atoms with E-state index in [0.29, 0.717) is 0 Å². The minimum absolute atomic E-state index is 0.133. The first-order chi connectivity index (χ1) is 6.24. The third-order valence-electron chi connectivity index (χ3n) is 1.43. The van der Waals surface area contributed by atoms with Crippen molar-refractivity contribution in [3.05, 3.63) is 35.6 Å². The Kier molecular flexibility index (Phi) is 7.21. The van der Waals surface area contributed by atoms with Crippen LogP contribution in [0.5, 0.6) is 0 Å². The van der Waals surface area contributed by atoms with Crippen LogP contribution in [0.3, 0.4) is 0 Å². The fourth-order valence-electron chi connectivity index (χ4n) is 0.981. The molecular weight excluding hydrogens is 191 g/mol. The van der Waals surface area contributed by atoms with Crippen LogP contribution in [0.1, 0.15) is 18.9 Å². The van der Waals surface area contributed by atoms with E-state index in [9.17, 15) is 4.39 Å². The Labute approximate surface area is 82.5 Å². The zero-order chi connectivity index (χ0) is 10.1. The molecule has 1 aromatic carbocycles. The van der Waals surface area contributed by atoms with E-state index in [1.807, 2.05) is 6.07 Å². The normalized spacial score (nSPS) is 8.54. The number of rotatable bonds is 2. The molecule has 0 aliphatic rings. The Hall–Kier alpha value is -0.890. The maximum Gasteiger partial charge on any atom is 0.208 e. The molecule has 0 atom stereocenters. The highest BCUT2D eigenvalue weighted by molar-refractivity contribution is 6.54. The lowest BCUT2D eigenvalue weighted by molar-refractivity contribution is 0.569. The highest BCUT2D eigenvalue weighted by atomic mass is 35.5. The van der Waals surface area contributed by atoms with Gasteiger partial charge in [-0.25, -0.2) is 4.39 Å². The summed E-state index contributed by atoms with van der Waals surface area (Å²) in [4.78, 5) is 8.57. The first-order valence-electron chi connectivity index (χ1n) is 4.02. The Balaban J connectivity index is 0.000000424. The number of halogens is 2. The molecule has 1 nitrogen and oxygen atoms in total. The van der Waals surface area contributed by atoms with Crippen molar-refractivity contribution < 1.29 is 9.18 Å². The number of carbonyl (C=O) groups excluding carboxylic acids is 1. The van der Waals surface area contributed by atoms with Crippen LogP contribution in [0, 0.1) is 5.82 Å². The molecule has 0 aliphatic heterocycles. The summed E-state index contributed by atoms with van der Waals surface area (Å²) < 4.78 is 12.5. The van der Waals surface area contributed by atoms with Gasteiger partial charge < -0.3 is 0 Å². The van der Waals surface area contributed by atoms with Gasteiger partial charge in [-0.05, 0) is 35.7 Å². The van der Waals surface area contributed by atoms with Crippen LogP contribution in [0.4, 0.5) is 4.39 Å². The monoisotopic (exact) mass is 202 g/mol. The maximum atomic E-state index is 12.5. The van der Waals surface area contributed by atoms with Crippen molar-refractivity contribution in [1.82, 2.24) is 0 Å². The van der Waals surface area contributed by atoms with E-state index < -0.39 is 0 Å². The molecule has 0 N–H and O–H groups in total. The third kappa shape index (κ3) is 6.29. The minimum atomic E-state index is -0.133. The smallest absolute Gasteiger partial charge is 0.208 e. The van der Waals surface area contributed by atoms with Gasteiger partial charge in [0.2, 0.25) is 5.75 Å². The second kappa shape index (κ2) is 7.74. The highest BCUT2D eigenvalue weighted by Crippen LogP contribution is 2.05. The van der Waals surface area contributed by atoms with E-state index in [1.165, 1.54) is 6.07 Å². The van der Waals surface area contributed by atoms with Gasteiger partial charge in [-0.15, -0.1) is 0 Å². The van der Waals surface area contributed by atoms with Crippen LogP contribution in [-0.4, -0.2) is 5.75 Å². The van der Waals surface area contributed by atoms with Crippen molar-refractivity contribution in [3.63, 3.8) is 0 Å². The van der Waals surface area contributed by atoms with Crippen LogP contribution >= 0.6 is 11.6 Å². The fourth-order valence-corrected chi connectivity index (χ4v) is 0.981. The molecular formula is C10H12ClFO. The van der Waals surface area contributed by atoms with E-state index in [2.05, 4.69) is 18.5 Å². The van der Waals surface area contributed by atoms with Gasteiger partial charge >= 0.3 is 0 Å². The van der Waals surface area contributed by atoms with Gasteiger partial charge in [0.15, 0.2) is 0 Å². The second-order valence-electron chi connectivity index (χ2n) is 2.47. The zero-order valence-corrected chi connectivity index (χ0v) is 8.22. The average Bonchev–Trinajstić information content (AvgIpc) is 2.06. The molecule has 13 heavy (non-hydrogen) atoms. The Morgan fingerprint density at radius 3 is 2.62 bits per heavy atom. The fraction of sp³-hybridized carbons (Fsp3) is 0.300. The van der Waals surface area contributed by atoms with Crippen molar-refractivity contribution in [2.24, 2.45) is 0 Å². The van der Waals surface area contributed by atoms with Gasteiger partial charge in [0.1, 0.15) is 5.82 Å². The average molecular weight is 203 g/mol. The van der Waals surface area contributed by atoms with E-state index in [4.69, 9.17) is 4.79 Å². The maximum absolute atomic E-state index is 12.5. The molecule has 0 fully saturated rings. The molecule has 0 saturated heterocycles. The molecule has 3 heteroatoms. The number of aryl methyl sites for hydroxylation is 1. The van der Waals surface area contributed by atoms with Crippen molar-refractivity contribution in [2.75, 3.05) is 0 Å². The van der Waals surface area contributed by atoms with Crippen molar-refractivity contribution in [3.8, 4) is 0 Å². The number of hydrogen-bond donors (Lipinski definition) is 0. The van der Waals surface area contributed by atoms with Gasteiger partial charge in [0, 0.05) is 0 Å². The summed E-state index contributed by atoms with van der Waals surface area (Å²) >= 11 is 4.32. The number of benzene rings is 1. The molecule has 72 valence electrons. The molecule has 0 heterocycles. The van der Waals surface area contributed by atoms with Crippen LogP contribution < -0.4 is 0 Å². The molecule has 0 spiro atoms. The predicted molar refractivity (Wildman–Crippen MR) is 53.0 cm³/mol. The molecule has 0 radical (unpaired) electrons. The SMILES string of the molecule is CCCc1cccc(F)c1.O=CCl. The molecule has 0 aliphatic carbocycles. The summed E-state index contributed by atoms with van der Waals surface area (Å²) in [6.45, 7) is 2.09. The zero-order valence-electron chi connectivity index (χ0n) is 7.47. The summed E-state index contributed by atoms with van der Waals surface area (Å²) in [6.07, 6.45) is 2.04.